The number of morpholine rings is 1. The number of carbonyl (C=O) groups is 1. The SMILES string of the molecule is CN(CC1CCCO1)S(=O)(=O)c1ccc(C(=O)N(CCCN2CCOCC2)c2nc3ccccc3s2)cc1. The summed E-state index contributed by atoms with van der Waals surface area (Å²) in [4.78, 5) is 22.7. The third kappa shape index (κ3) is 6.24. The molecule has 1 atom stereocenters. The summed E-state index contributed by atoms with van der Waals surface area (Å²) in [6.07, 6.45) is 2.53. The van der Waals surface area contributed by atoms with Crippen LogP contribution in [0.3, 0.4) is 0 Å². The fraction of sp³-hybridized carbons (Fsp3) is 0.481. The summed E-state index contributed by atoms with van der Waals surface area (Å²) in [5.41, 5.74) is 1.28. The van der Waals surface area contributed by atoms with Gasteiger partial charge in [0.15, 0.2) is 5.13 Å². The lowest BCUT2D eigenvalue weighted by molar-refractivity contribution is 0.0376. The molecule has 2 aliphatic rings. The number of carbonyl (C=O) groups excluding carboxylic acids is 1. The second-order valence-electron chi connectivity index (χ2n) is 9.67. The Morgan fingerprint density at radius 2 is 1.87 bits per heavy atom. The maximum atomic E-state index is 13.7. The van der Waals surface area contributed by atoms with Crippen molar-refractivity contribution in [1.29, 1.82) is 0 Å². The molecule has 0 aliphatic carbocycles. The highest BCUT2D eigenvalue weighted by Gasteiger charge is 2.27. The zero-order valence-electron chi connectivity index (χ0n) is 21.6. The number of thiazole rings is 1. The lowest BCUT2D eigenvalue weighted by Crippen LogP contribution is -2.39. The maximum absolute atomic E-state index is 13.7. The van der Waals surface area contributed by atoms with Crippen LogP contribution in [0.15, 0.2) is 53.4 Å². The highest BCUT2D eigenvalue weighted by atomic mass is 32.2. The van der Waals surface area contributed by atoms with Crippen molar-refractivity contribution in [2.75, 3.05) is 64.5 Å². The molecule has 0 spiro atoms. The van der Waals surface area contributed by atoms with Gasteiger partial charge >= 0.3 is 0 Å². The summed E-state index contributed by atoms with van der Waals surface area (Å²) in [6, 6.07) is 14.1. The molecule has 2 saturated heterocycles. The van der Waals surface area contributed by atoms with Gasteiger partial charge in [-0.05, 0) is 55.7 Å². The van der Waals surface area contributed by atoms with Gasteiger partial charge in [-0.2, -0.15) is 4.31 Å². The molecule has 9 nitrogen and oxygen atoms in total. The second-order valence-corrected chi connectivity index (χ2v) is 12.7. The number of likely N-dealkylation sites (N-methyl/N-ethyl adjacent to an activating group) is 1. The standard InChI is InChI=1S/C27H34N4O5S2/c1-29(20-22-6-4-17-36-22)38(33,34)23-11-9-21(10-12-23)26(32)31(14-5-13-30-15-18-35-19-16-30)27-28-24-7-2-3-8-25(24)37-27/h2-3,7-12,22H,4-6,13-20H2,1H3. The van der Waals surface area contributed by atoms with E-state index in [9.17, 15) is 13.2 Å². The van der Waals surface area contributed by atoms with Gasteiger partial charge in [0.2, 0.25) is 10.0 Å². The van der Waals surface area contributed by atoms with Gasteiger partial charge in [-0.15, -0.1) is 0 Å². The Labute approximate surface area is 228 Å². The lowest BCUT2D eigenvalue weighted by Gasteiger charge is -2.27. The van der Waals surface area contributed by atoms with Crippen molar-refractivity contribution < 1.29 is 22.7 Å². The molecular formula is C27H34N4O5S2. The predicted octanol–water partition coefficient (Wildman–Crippen LogP) is 3.46. The van der Waals surface area contributed by atoms with Crippen LogP contribution in [0, 0.1) is 0 Å². The average Bonchev–Trinajstić information content (AvgIpc) is 3.61. The van der Waals surface area contributed by atoms with Crippen molar-refractivity contribution in [3.05, 3.63) is 54.1 Å². The van der Waals surface area contributed by atoms with E-state index < -0.39 is 10.0 Å². The summed E-state index contributed by atoms with van der Waals surface area (Å²) >= 11 is 1.49. The molecule has 2 fully saturated rings. The van der Waals surface area contributed by atoms with Crippen LogP contribution in [0.25, 0.3) is 10.2 Å². The van der Waals surface area contributed by atoms with Gasteiger partial charge in [0.05, 0.1) is 34.4 Å². The summed E-state index contributed by atoms with van der Waals surface area (Å²) in [5.74, 6) is -0.192. The van der Waals surface area contributed by atoms with Gasteiger partial charge < -0.3 is 9.47 Å². The fourth-order valence-electron chi connectivity index (χ4n) is 4.82. The van der Waals surface area contributed by atoms with Crippen LogP contribution in [0.5, 0.6) is 0 Å². The smallest absolute Gasteiger partial charge is 0.260 e. The highest BCUT2D eigenvalue weighted by Crippen LogP contribution is 2.30. The second kappa shape index (κ2) is 12.2. The van der Waals surface area contributed by atoms with E-state index in [2.05, 4.69) is 4.90 Å². The van der Waals surface area contributed by atoms with Crippen molar-refractivity contribution in [3.8, 4) is 0 Å². The Hall–Kier alpha value is -2.41. The Balaban J connectivity index is 1.32. The number of rotatable bonds is 10. The third-order valence-electron chi connectivity index (χ3n) is 7.01. The predicted molar refractivity (Wildman–Crippen MR) is 148 cm³/mol. The number of aromatic nitrogens is 1. The Bertz CT molecular complexity index is 1300. The van der Waals surface area contributed by atoms with Crippen LogP contribution in [0.4, 0.5) is 5.13 Å². The van der Waals surface area contributed by atoms with E-state index in [-0.39, 0.29) is 16.9 Å². The number of benzene rings is 2. The molecule has 11 heteroatoms. The first-order valence-corrected chi connectivity index (χ1v) is 15.3. The Morgan fingerprint density at radius 1 is 1.11 bits per heavy atom. The molecule has 1 aromatic heterocycles. The zero-order valence-corrected chi connectivity index (χ0v) is 23.3. The van der Waals surface area contributed by atoms with E-state index in [1.165, 1.54) is 27.8 Å². The highest BCUT2D eigenvalue weighted by molar-refractivity contribution is 7.89. The minimum Gasteiger partial charge on any atom is -0.379 e. The van der Waals surface area contributed by atoms with E-state index in [0.29, 0.717) is 30.4 Å². The molecule has 5 rings (SSSR count). The van der Waals surface area contributed by atoms with Crippen LogP contribution in [0.2, 0.25) is 0 Å². The summed E-state index contributed by atoms with van der Waals surface area (Å²) in [6.45, 7) is 5.63. The summed E-state index contributed by atoms with van der Waals surface area (Å²) in [5, 5.41) is 0.645. The molecule has 0 radical (unpaired) electrons. The van der Waals surface area contributed by atoms with Crippen molar-refractivity contribution in [1.82, 2.24) is 14.2 Å². The Kier molecular flexibility index (Phi) is 8.71. The number of nitrogens with zero attached hydrogens (tertiary/aromatic N) is 4. The summed E-state index contributed by atoms with van der Waals surface area (Å²) in [7, 11) is -2.11. The van der Waals surface area contributed by atoms with Gasteiger partial charge in [-0.1, -0.05) is 23.5 Å². The van der Waals surface area contributed by atoms with Gasteiger partial charge in [0.1, 0.15) is 0 Å². The van der Waals surface area contributed by atoms with E-state index in [1.54, 1.807) is 24.1 Å². The molecule has 2 aliphatic heterocycles. The number of hydrogen-bond acceptors (Lipinski definition) is 8. The van der Waals surface area contributed by atoms with Crippen LogP contribution in [-0.2, 0) is 19.5 Å². The van der Waals surface area contributed by atoms with Crippen LogP contribution >= 0.6 is 11.3 Å². The minimum atomic E-state index is -3.68. The van der Waals surface area contributed by atoms with Crippen molar-refractivity contribution in [2.24, 2.45) is 0 Å². The number of fused-ring (bicyclic) bond motifs is 1. The first-order chi connectivity index (χ1) is 18.4. The molecule has 1 unspecified atom stereocenters. The van der Waals surface area contributed by atoms with Crippen LogP contribution in [0.1, 0.15) is 29.6 Å². The molecule has 0 saturated carbocycles. The van der Waals surface area contributed by atoms with E-state index in [1.807, 2.05) is 24.3 Å². The summed E-state index contributed by atoms with van der Waals surface area (Å²) < 4.78 is 39.6. The molecule has 2 aromatic carbocycles. The van der Waals surface area contributed by atoms with E-state index >= 15 is 0 Å². The molecule has 0 bridgehead atoms. The number of amides is 1. The van der Waals surface area contributed by atoms with Crippen molar-refractivity contribution >= 4 is 42.6 Å². The molecule has 204 valence electrons. The average molecular weight is 559 g/mol. The number of sulfonamides is 1. The molecule has 3 heterocycles. The van der Waals surface area contributed by atoms with Gasteiger partial charge in [0, 0.05) is 51.9 Å². The first-order valence-electron chi connectivity index (χ1n) is 13.1. The fourth-order valence-corrected chi connectivity index (χ4v) is 7.01. The maximum Gasteiger partial charge on any atom is 0.260 e. The largest absolute Gasteiger partial charge is 0.379 e. The zero-order chi connectivity index (χ0) is 26.5. The third-order valence-corrected chi connectivity index (χ3v) is 9.91. The van der Waals surface area contributed by atoms with Gasteiger partial charge in [-0.25, -0.2) is 13.4 Å². The normalized spacial score (nSPS) is 18.8. The van der Waals surface area contributed by atoms with Gasteiger partial charge in [0.25, 0.3) is 5.91 Å². The number of para-hydroxylation sites is 1. The van der Waals surface area contributed by atoms with Crippen molar-refractivity contribution in [3.63, 3.8) is 0 Å². The molecule has 38 heavy (non-hydrogen) atoms. The van der Waals surface area contributed by atoms with Crippen molar-refractivity contribution in [2.45, 2.75) is 30.3 Å². The number of hydrogen-bond donors (Lipinski definition) is 0. The molecular weight excluding hydrogens is 524 g/mol. The first kappa shape index (κ1) is 27.2. The van der Waals surface area contributed by atoms with Crippen LogP contribution in [-0.4, -0.2) is 94.2 Å². The molecule has 0 N–H and O–H groups in total. The minimum absolute atomic E-state index is 0.0737. The van der Waals surface area contributed by atoms with E-state index in [4.69, 9.17) is 14.5 Å². The number of ether oxygens (including phenoxy) is 2. The van der Waals surface area contributed by atoms with Crippen LogP contribution < -0.4 is 4.90 Å². The molecule has 3 aromatic rings. The monoisotopic (exact) mass is 558 g/mol. The molecule has 1 amide bonds. The Morgan fingerprint density at radius 3 is 2.58 bits per heavy atom. The van der Waals surface area contributed by atoms with Gasteiger partial charge in [-0.3, -0.25) is 14.6 Å². The number of anilines is 1. The van der Waals surface area contributed by atoms with E-state index in [0.717, 1.165) is 62.3 Å². The quantitative estimate of drug-likeness (QED) is 0.376. The topological polar surface area (TPSA) is 92.3 Å². The lowest BCUT2D eigenvalue weighted by atomic mass is 10.2.